The summed E-state index contributed by atoms with van der Waals surface area (Å²) in [6.07, 6.45) is 0. The van der Waals surface area contributed by atoms with E-state index in [4.69, 9.17) is 0 Å². The van der Waals surface area contributed by atoms with Crippen molar-refractivity contribution >= 4 is 28.7 Å². The van der Waals surface area contributed by atoms with Gasteiger partial charge in [-0.25, -0.2) is 0 Å². The van der Waals surface area contributed by atoms with Gasteiger partial charge in [-0.3, -0.25) is 35.1 Å². The molecule has 1 amide bonds. The lowest BCUT2D eigenvalue weighted by Crippen LogP contribution is -2.30. The van der Waals surface area contributed by atoms with Crippen molar-refractivity contribution in [1.29, 1.82) is 0 Å². The van der Waals surface area contributed by atoms with Gasteiger partial charge >= 0.3 is 0 Å². The van der Waals surface area contributed by atoms with Crippen molar-refractivity contribution in [3.63, 3.8) is 0 Å². The number of anilines is 1. The highest BCUT2D eigenvalue weighted by molar-refractivity contribution is 6.07. The van der Waals surface area contributed by atoms with Gasteiger partial charge in [-0.05, 0) is 11.6 Å². The lowest BCUT2D eigenvalue weighted by molar-refractivity contribution is -0.394. The van der Waals surface area contributed by atoms with Gasteiger partial charge in [-0.2, -0.15) is 0 Å². The highest BCUT2D eigenvalue weighted by atomic mass is 16.6. The van der Waals surface area contributed by atoms with Gasteiger partial charge in [0.2, 0.25) is 0 Å². The Morgan fingerprint density at radius 3 is 1.84 bits per heavy atom. The summed E-state index contributed by atoms with van der Waals surface area (Å²) in [4.78, 5) is 45.7. The third-order valence-electron chi connectivity index (χ3n) is 4.35. The second-order valence-electron chi connectivity index (χ2n) is 6.41. The first kappa shape index (κ1) is 21.0. The number of nitrogens with zero attached hydrogens (tertiary/aromatic N) is 4. The number of hydrogen-bond acceptors (Lipinski definition) is 7. The summed E-state index contributed by atoms with van der Waals surface area (Å²) in [6, 6.07) is 16.6. The van der Waals surface area contributed by atoms with Crippen molar-refractivity contribution in [1.82, 2.24) is 0 Å². The Labute approximate surface area is 174 Å². The summed E-state index contributed by atoms with van der Waals surface area (Å²) in [6.45, 7) is -0.0165. The van der Waals surface area contributed by atoms with Crippen LogP contribution in [0.2, 0.25) is 0 Å². The molecule has 0 heterocycles. The molecule has 0 saturated heterocycles. The standard InChI is InChI=1S/C20H14N4O7/c25-20(15-9-18(23(28)29)12-19(10-15)24(30)31)21(13-14-5-2-1-3-6-14)16-7-4-8-17(11-16)22(26)27/h1-12H,13H2. The molecule has 0 atom stereocenters. The van der Waals surface area contributed by atoms with Crippen LogP contribution in [0.1, 0.15) is 15.9 Å². The SMILES string of the molecule is O=C(c1cc([N+](=O)[O-])cc([N+](=O)[O-])c1)N(Cc1ccccc1)c1cccc([N+](=O)[O-])c1. The molecular formula is C20H14N4O7. The molecule has 11 nitrogen and oxygen atoms in total. The average molecular weight is 422 g/mol. The molecule has 0 bridgehead atoms. The van der Waals surface area contributed by atoms with Gasteiger partial charge in [0.1, 0.15) is 0 Å². The van der Waals surface area contributed by atoms with Gasteiger partial charge in [-0.1, -0.05) is 36.4 Å². The number of rotatable bonds is 7. The van der Waals surface area contributed by atoms with Crippen LogP contribution < -0.4 is 4.90 Å². The van der Waals surface area contributed by atoms with E-state index in [9.17, 15) is 35.1 Å². The highest BCUT2D eigenvalue weighted by Gasteiger charge is 2.25. The number of carbonyl (C=O) groups excluding carboxylic acids is 1. The van der Waals surface area contributed by atoms with Crippen LogP contribution in [-0.4, -0.2) is 20.7 Å². The smallest absolute Gasteiger partial charge is 0.277 e. The normalized spacial score (nSPS) is 10.3. The Kier molecular flexibility index (Phi) is 5.96. The summed E-state index contributed by atoms with van der Waals surface area (Å²) in [5, 5.41) is 33.5. The molecule has 0 unspecified atom stereocenters. The van der Waals surface area contributed by atoms with Crippen LogP contribution in [0.15, 0.2) is 72.8 Å². The fraction of sp³-hybridized carbons (Fsp3) is 0.0500. The van der Waals surface area contributed by atoms with Gasteiger partial charge in [0.25, 0.3) is 23.0 Å². The topological polar surface area (TPSA) is 150 Å². The van der Waals surface area contributed by atoms with E-state index in [1.165, 1.54) is 29.2 Å². The molecule has 156 valence electrons. The van der Waals surface area contributed by atoms with E-state index in [0.29, 0.717) is 5.56 Å². The molecule has 0 fully saturated rings. The highest BCUT2D eigenvalue weighted by Crippen LogP contribution is 2.28. The molecule has 3 rings (SSSR count). The fourth-order valence-corrected chi connectivity index (χ4v) is 2.91. The maximum absolute atomic E-state index is 13.3. The van der Waals surface area contributed by atoms with Gasteiger partial charge in [0.05, 0.1) is 38.6 Å². The van der Waals surface area contributed by atoms with Crippen molar-refractivity contribution in [3.05, 3.63) is 114 Å². The summed E-state index contributed by atoms with van der Waals surface area (Å²) < 4.78 is 0. The predicted octanol–water partition coefficient (Wildman–Crippen LogP) is 4.26. The van der Waals surface area contributed by atoms with E-state index in [1.54, 1.807) is 30.3 Å². The lowest BCUT2D eigenvalue weighted by Gasteiger charge is -2.23. The zero-order valence-electron chi connectivity index (χ0n) is 15.8. The number of amides is 1. The van der Waals surface area contributed by atoms with Crippen LogP contribution in [0.5, 0.6) is 0 Å². The molecule has 0 aromatic heterocycles. The van der Waals surface area contributed by atoms with Crippen LogP contribution in [0, 0.1) is 30.3 Å². The Morgan fingerprint density at radius 1 is 0.710 bits per heavy atom. The van der Waals surface area contributed by atoms with Crippen LogP contribution in [-0.2, 0) is 6.54 Å². The van der Waals surface area contributed by atoms with Crippen LogP contribution in [0.4, 0.5) is 22.7 Å². The summed E-state index contributed by atoms with van der Waals surface area (Å²) >= 11 is 0. The minimum absolute atomic E-state index is 0.0165. The van der Waals surface area contributed by atoms with Gasteiger partial charge in [0, 0.05) is 24.3 Å². The quantitative estimate of drug-likeness (QED) is 0.408. The van der Waals surface area contributed by atoms with E-state index < -0.39 is 32.1 Å². The van der Waals surface area contributed by atoms with Crippen molar-refractivity contribution in [2.45, 2.75) is 6.54 Å². The zero-order valence-corrected chi connectivity index (χ0v) is 15.8. The fourth-order valence-electron chi connectivity index (χ4n) is 2.91. The number of hydrogen-bond donors (Lipinski definition) is 0. The summed E-state index contributed by atoms with van der Waals surface area (Å²) in [7, 11) is 0. The van der Waals surface area contributed by atoms with Gasteiger partial charge in [-0.15, -0.1) is 0 Å². The maximum Gasteiger partial charge on any atom is 0.277 e. The Hall–Kier alpha value is -4.67. The Bertz CT molecular complexity index is 1150. The van der Waals surface area contributed by atoms with Crippen molar-refractivity contribution in [3.8, 4) is 0 Å². The Morgan fingerprint density at radius 2 is 1.29 bits per heavy atom. The summed E-state index contributed by atoms with van der Waals surface area (Å²) in [5.74, 6) is -0.781. The van der Waals surface area contributed by atoms with E-state index in [1.807, 2.05) is 0 Å². The second kappa shape index (κ2) is 8.78. The molecule has 0 saturated carbocycles. The van der Waals surface area contributed by atoms with Gasteiger partial charge < -0.3 is 4.90 Å². The minimum atomic E-state index is -0.835. The van der Waals surface area contributed by atoms with E-state index in [2.05, 4.69) is 0 Å². The van der Waals surface area contributed by atoms with E-state index in [0.717, 1.165) is 18.2 Å². The molecule has 3 aromatic carbocycles. The predicted molar refractivity (Wildman–Crippen MR) is 110 cm³/mol. The van der Waals surface area contributed by atoms with Crippen molar-refractivity contribution < 1.29 is 19.6 Å². The number of carbonyl (C=O) groups is 1. The molecule has 0 aliphatic carbocycles. The number of nitro benzene ring substituents is 3. The van der Waals surface area contributed by atoms with Crippen molar-refractivity contribution in [2.24, 2.45) is 0 Å². The molecule has 11 heteroatoms. The van der Waals surface area contributed by atoms with Gasteiger partial charge in [0.15, 0.2) is 0 Å². The first-order valence-electron chi connectivity index (χ1n) is 8.80. The molecule has 0 radical (unpaired) electrons. The number of nitro groups is 3. The van der Waals surface area contributed by atoms with Crippen LogP contribution in [0.3, 0.4) is 0 Å². The van der Waals surface area contributed by atoms with Crippen LogP contribution >= 0.6 is 0 Å². The molecule has 31 heavy (non-hydrogen) atoms. The minimum Gasteiger partial charge on any atom is -0.304 e. The molecule has 0 aliphatic heterocycles. The van der Waals surface area contributed by atoms with Crippen molar-refractivity contribution in [2.75, 3.05) is 4.90 Å². The number of benzene rings is 3. The van der Waals surface area contributed by atoms with E-state index >= 15 is 0 Å². The molecule has 0 N–H and O–H groups in total. The second-order valence-corrected chi connectivity index (χ2v) is 6.41. The molecule has 0 spiro atoms. The first-order valence-corrected chi connectivity index (χ1v) is 8.80. The molecular weight excluding hydrogens is 408 g/mol. The monoisotopic (exact) mass is 422 g/mol. The third kappa shape index (κ3) is 4.85. The lowest BCUT2D eigenvalue weighted by atomic mass is 10.1. The van der Waals surface area contributed by atoms with E-state index in [-0.39, 0.29) is 23.5 Å². The zero-order chi connectivity index (χ0) is 22.5. The Balaban J connectivity index is 2.12. The largest absolute Gasteiger partial charge is 0.304 e. The summed E-state index contributed by atoms with van der Waals surface area (Å²) in [5.41, 5.74) is -0.927. The molecule has 0 aliphatic rings. The third-order valence-corrected chi connectivity index (χ3v) is 4.35. The van der Waals surface area contributed by atoms with Crippen LogP contribution in [0.25, 0.3) is 0 Å². The first-order chi connectivity index (χ1) is 14.8. The molecule has 3 aromatic rings. The maximum atomic E-state index is 13.3. The number of non-ortho nitro benzene ring substituents is 3. The average Bonchev–Trinajstić information content (AvgIpc) is 2.77.